The molecule has 1 heterocycles. The van der Waals surface area contributed by atoms with Gasteiger partial charge in [0, 0.05) is 19.7 Å². The van der Waals surface area contributed by atoms with Crippen molar-refractivity contribution < 1.29 is 13.5 Å². The van der Waals surface area contributed by atoms with E-state index in [0.29, 0.717) is 24.9 Å². The molecule has 0 aromatic rings. The lowest BCUT2D eigenvalue weighted by molar-refractivity contribution is 0.141. The molecule has 17 heavy (non-hydrogen) atoms. The molecule has 5 heteroatoms. The molecule has 0 saturated carbocycles. The third kappa shape index (κ3) is 3.66. The highest BCUT2D eigenvalue weighted by molar-refractivity contribution is 7.89. The van der Waals surface area contributed by atoms with Crippen molar-refractivity contribution in [2.24, 2.45) is 5.41 Å². The van der Waals surface area contributed by atoms with Gasteiger partial charge in [-0.1, -0.05) is 26.7 Å². The molecule has 1 aliphatic rings. The van der Waals surface area contributed by atoms with Gasteiger partial charge in [0.25, 0.3) is 0 Å². The molecule has 0 aromatic carbocycles. The lowest BCUT2D eigenvalue weighted by Gasteiger charge is -2.40. The van der Waals surface area contributed by atoms with Crippen LogP contribution in [0.15, 0.2) is 0 Å². The molecule has 4 nitrogen and oxygen atoms in total. The lowest BCUT2D eigenvalue weighted by Crippen LogP contribution is -2.43. The summed E-state index contributed by atoms with van der Waals surface area (Å²) in [7, 11) is -3.14. The van der Waals surface area contributed by atoms with Gasteiger partial charge in [-0.3, -0.25) is 0 Å². The predicted octanol–water partition coefficient (Wildman–Crippen LogP) is 1.60. The summed E-state index contributed by atoms with van der Waals surface area (Å²) >= 11 is 0. The van der Waals surface area contributed by atoms with Gasteiger partial charge in [-0.15, -0.1) is 0 Å². The summed E-state index contributed by atoms with van der Waals surface area (Å²) in [4.78, 5) is 0. The van der Waals surface area contributed by atoms with Gasteiger partial charge in [0.15, 0.2) is 0 Å². The van der Waals surface area contributed by atoms with E-state index in [1.807, 2.05) is 0 Å². The van der Waals surface area contributed by atoms with Crippen LogP contribution in [0.3, 0.4) is 0 Å². The van der Waals surface area contributed by atoms with E-state index >= 15 is 0 Å². The molecule has 0 bridgehead atoms. The van der Waals surface area contributed by atoms with Crippen molar-refractivity contribution >= 4 is 10.0 Å². The third-order valence-corrected chi connectivity index (χ3v) is 6.19. The highest BCUT2D eigenvalue weighted by atomic mass is 32.2. The first kappa shape index (κ1) is 14.9. The normalized spacial score (nSPS) is 21.6. The maximum atomic E-state index is 11.9. The second-order valence-corrected chi connectivity index (χ2v) is 7.09. The zero-order chi connectivity index (χ0) is 12.9. The van der Waals surface area contributed by atoms with E-state index in [1.165, 1.54) is 0 Å². The summed E-state index contributed by atoms with van der Waals surface area (Å²) < 4.78 is 25.5. The minimum absolute atomic E-state index is 0.0546. The van der Waals surface area contributed by atoms with Crippen molar-refractivity contribution in [1.82, 2.24) is 4.31 Å². The second-order valence-electron chi connectivity index (χ2n) is 5.00. The fourth-order valence-electron chi connectivity index (χ4n) is 2.57. The minimum atomic E-state index is -3.14. The van der Waals surface area contributed by atoms with Crippen LogP contribution in [0, 0.1) is 5.41 Å². The highest BCUT2D eigenvalue weighted by Crippen LogP contribution is 2.38. The topological polar surface area (TPSA) is 57.6 Å². The molecule has 0 spiro atoms. The summed E-state index contributed by atoms with van der Waals surface area (Å²) in [6.45, 7) is 5.63. The second kappa shape index (κ2) is 6.16. The number of piperidine rings is 1. The Kier molecular flexibility index (Phi) is 5.41. The minimum Gasteiger partial charge on any atom is -0.396 e. The largest absolute Gasteiger partial charge is 0.396 e. The van der Waals surface area contributed by atoms with E-state index in [-0.39, 0.29) is 12.4 Å². The van der Waals surface area contributed by atoms with Crippen LogP contribution >= 0.6 is 0 Å². The summed E-state index contributed by atoms with van der Waals surface area (Å²) in [5.74, 6) is 0.0781. The van der Waals surface area contributed by atoms with Crippen LogP contribution in [0.5, 0.6) is 0 Å². The summed E-state index contributed by atoms with van der Waals surface area (Å²) in [5, 5.41) is 8.70. The van der Waals surface area contributed by atoms with Crippen molar-refractivity contribution in [2.45, 2.75) is 46.0 Å². The maximum absolute atomic E-state index is 11.9. The quantitative estimate of drug-likeness (QED) is 0.792. The summed E-state index contributed by atoms with van der Waals surface area (Å²) in [6, 6.07) is 0. The number of nitrogens with zero attached hydrogens (tertiary/aromatic N) is 1. The van der Waals surface area contributed by atoms with Crippen LogP contribution in [0.25, 0.3) is 0 Å². The molecule has 0 aromatic heterocycles. The van der Waals surface area contributed by atoms with Crippen LogP contribution in [0.1, 0.15) is 46.0 Å². The fourth-order valence-corrected chi connectivity index (χ4v) is 4.06. The van der Waals surface area contributed by atoms with E-state index in [2.05, 4.69) is 13.8 Å². The monoisotopic (exact) mass is 263 g/mol. The van der Waals surface area contributed by atoms with E-state index in [1.54, 1.807) is 4.31 Å². The van der Waals surface area contributed by atoms with E-state index in [0.717, 1.165) is 25.7 Å². The first-order valence-corrected chi connectivity index (χ1v) is 8.19. The SMILES string of the molecule is CCC1(CC)CCN(S(=O)(=O)CCCO)CC1. The molecule has 1 N–H and O–H groups in total. The van der Waals surface area contributed by atoms with Crippen LogP contribution in [0.2, 0.25) is 0 Å². The van der Waals surface area contributed by atoms with Crippen LogP contribution in [-0.2, 0) is 10.0 Å². The van der Waals surface area contributed by atoms with Crippen LogP contribution in [0.4, 0.5) is 0 Å². The Morgan fingerprint density at radius 2 is 1.71 bits per heavy atom. The molecule has 1 aliphatic heterocycles. The molecule has 0 atom stereocenters. The van der Waals surface area contributed by atoms with Crippen molar-refractivity contribution in [3.05, 3.63) is 0 Å². The molecule has 1 fully saturated rings. The number of sulfonamides is 1. The summed E-state index contributed by atoms with van der Waals surface area (Å²) in [5.41, 5.74) is 0.350. The zero-order valence-corrected chi connectivity index (χ0v) is 11.8. The zero-order valence-electron chi connectivity index (χ0n) is 11.0. The van der Waals surface area contributed by atoms with Crippen molar-refractivity contribution in [1.29, 1.82) is 0 Å². The van der Waals surface area contributed by atoms with Crippen molar-refractivity contribution in [3.8, 4) is 0 Å². The molecule has 1 saturated heterocycles. The van der Waals surface area contributed by atoms with E-state index in [4.69, 9.17) is 5.11 Å². The van der Waals surface area contributed by atoms with Gasteiger partial charge >= 0.3 is 0 Å². The number of rotatable bonds is 6. The molecule has 0 radical (unpaired) electrons. The van der Waals surface area contributed by atoms with Gasteiger partial charge in [-0.25, -0.2) is 12.7 Å². The van der Waals surface area contributed by atoms with Crippen LogP contribution in [-0.4, -0.2) is 43.3 Å². The molecule has 102 valence electrons. The number of aliphatic hydroxyl groups excluding tert-OH is 1. The van der Waals surface area contributed by atoms with Gasteiger partial charge in [-0.2, -0.15) is 0 Å². The van der Waals surface area contributed by atoms with Gasteiger partial charge in [0.05, 0.1) is 5.75 Å². The average Bonchev–Trinajstić information content (AvgIpc) is 2.36. The first-order chi connectivity index (χ1) is 7.99. The van der Waals surface area contributed by atoms with Gasteiger partial charge in [-0.05, 0) is 24.7 Å². The van der Waals surface area contributed by atoms with Gasteiger partial charge in [0.2, 0.25) is 10.0 Å². The van der Waals surface area contributed by atoms with Gasteiger partial charge in [0.1, 0.15) is 0 Å². The highest BCUT2D eigenvalue weighted by Gasteiger charge is 2.35. The Morgan fingerprint density at radius 3 is 2.12 bits per heavy atom. The molecule has 1 rings (SSSR count). The Balaban J connectivity index is 2.57. The Labute approximate surface area is 105 Å². The summed E-state index contributed by atoms with van der Waals surface area (Å²) in [6.07, 6.45) is 4.55. The number of hydrogen-bond donors (Lipinski definition) is 1. The van der Waals surface area contributed by atoms with E-state index < -0.39 is 10.0 Å². The smallest absolute Gasteiger partial charge is 0.214 e. The Morgan fingerprint density at radius 1 is 1.18 bits per heavy atom. The average molecular weight is 263 g/mol. The molecular formula is C12H25NO3S. The maximum Gasteiger partial charge on any atom is 0.214 e. The Bertz CT molecular complexity index is 313. The van der Waals surface area contributed by atoms with Crippen molar-refractivity contribution in [3.63, 3.8) is 0 Å². The standard InChI is InChI=1S/C12H25NO3S/c1-3-12(4-2)6-8-13(9-7-12)17(15,16)11-5-10-14/h14H,3-11H2,1-2H3. The Hall–Kier alpha value is -0.130. The van der Waals surface area contributed by atoms with E-state index in [9.17, 15) is 8.42 Å². The predicted molar refractivity (Wildman–Crippen MR) is 69.3 cm³/mol. The third-order valence-electron chi connectivity index (χ3n) is 4.24. The number of hydrogen-bond acceptors (Lipinski definition) is 3. The molecule has 0 amide bonds. The number of aliphatic hydroxyl groups is 1. The molecular weight excluding hydrogens is 238 g/mol. The first-order valence-electron chi connectivity index (χ1n) is 6.58. The van der Waals surface area contributed by atoms with Crippen LogP contribution < -0.4 is 0 Å². The lowest BCUT2D eigenvalue weighted by atomic mass is 9.75. The van der Waals surface area contributed by atoms with Gasteiger partial charge < -0.3 is 5.11 Å². The fraction of sp³-hybridized carbons (Fsp3) is 1.00. The van der Waals surface area contributed by atoms with Crippen molar-refractivity contribution in [2.75, 3.05) is 25.4 Å². The molecule has 0 aliphatic carbocycles. The molecule has 0 unspecified atom stereocenters.